The summed E-state index contributed by atoms with van der Waals surface area (Å²) in [7, 11) is 0. The fourth-order valence-electron chi connectivity index (χ4n) is 2.83. The van der Waals surface area contributed by atoms with Gasteiger partial charge < -0.3 is 10.6 Å². The van der Waals surface area contributed by atoms with Crippen molar-refractivity contribution in [1.82, 2.24) is 9.97 Å². The molecular formula is C21H20F2N4O. The van der Waals surface area contributed by atoms with Crippen molar-refractivity contribution < 1.29 is 13.6 Å². The number of carbonyl (C=O) groups is 1. The Hall–Kier alpha value is -3.35. The second-order valence-corrected chi connectivity index (χ2v) is 6.13. The molecule has 0 saturated carbocycles. The van der Waals surface area contributed by atoms with Gasteiger partial charge in [-0.3, -0.25) is 4.79 Å². The molecule has 0 radical (unpaired) electrons. The minimum atomic E-state index is -0.756. The van der Waals surface area contributed by atoms with Crippen LogP contribution in [0, 0.1) is 11.6 Å². The Labute approximate surface area is 161 Å². The topological polar surface area (TPSA) is 66.9 Å². The van der Waals surface area contributed by atoms with Crippen molar-refractivity contribution in [3.8, 4) is 0 Å². The summed E-state index contributed by atoms with van der Waals surface area (Å²) >= 11 is 0. The molecule has 2 aromatic carbocycles. The summed E-state index contributed by atoms with van der Waals surface area (Å²) in [6.45, 7) is 4.05. The molecule has 28 heavy (non-hydrogen) atoms. The minimum Gasteiger partial charge on any atom is -0.321 e. The number of aromatic nitrogens is 2. The van der Waals surface area contributed by atoms with Crippen LogP contribution in [0.15, 0.2) is 48.8 Å². The van der Waals surface area contributed by atoms with Crippen LogP contribution in [-0.4, -0.2) is 15.9 Å². The lowest BCUT2D eigenvalue weighted by Crippen LogP contribution is -2.16. The predicted octanol–water partition coefficient (Wildman–Crippen LogP) is 4.88. The van der Waals surface area contributed by atoms with Crippen LogP contribution in [0.1, 0.15) is 35.3 Å². The average molecular weight is 382 g/mol. The molecule has 0 aliphatic carbocycles. The van der Waals surface area contributed by atoms with Gasteiger partial charge in [0.15, 0.2) is 0 Å². The Bertz CT molecular complexity index is 948. The highest BCUT2D eigenvalue weighted by atomic mass is 19.1. The molecule has 0 aliphatic heterocycles. The number of halogens is 2. The van der Waals surface area contributed by atoms with Gasteiger partial charge in [-0.25, -0.2) is 18.7 Å². The third-order valence-electron chi connectivity index (χ3n) is 4.35. The number of hydrogen-bond donors (Lipinski definition) is 2. The lowest BCUT2D eigenvalue weighted by Gasteiger charge is -2.14. The van der Waals surface area contributed by atoms with E-state index in [9.17, 15) is 13.6 Å². The van der Waals surface area contributed by atoms with E-state index in [1.54, 1.807) is 0 Å². The molecular weight excluding hydrogens is 362 g/mol. The molecule has 2 N–H and O–H groups in total. The van der Waals surface area contributed by atoms with E-state index in [1.807, 2.05) is 32.0 Å². The molecule has 7 heteroatoms. The lowest BCUT2D eigenvalue weighted by molar-refractivity contribution is 0.102. The lowest BCUT2D eigenvalue weighted by atomic mass is 10.0. The fraction of sp³-hybridized carbons (Fsp3) is 0.190. The van der Waals surface area contributed by atoms with E-state index < -0.39 is 11.6 Å². The van der Waals surface area contributed by atoms with Gasteiger partial charge in [0.1, 0.15) is 17.3 Å². The number of aryl methyl sites for hydroxylation is 2. The van der Waals surface area contributed by atoms with Gasteiger partial charge in [0.05, 0.1) is 5.56 Å². The monoisotopic (exact) mass is 382 g/mol. The number of benzene rings is 2. The number of amides is 1. The normalized spacial score (nSPS) is 10.6. The van der Waals surface area contributed by atoms with E-state index in [0.717, 1.165) is 41.8 Å². The molecule has 3 aromatic rings. The van der Waals surface area contributed by atoms with Crippen molar-refractivity contribution in [3.05, 3.63) is 77.1 Å². The number of nitrogens with zero attached hydrogens (tertiary/aromatic N) is 2. The zero-order valence-electron chi connectivity index (χ0n) is 15.6. The van der Waals surface area contributed by atoms with E-state index >= 15 is 0 Å². The van der Waals surface area contributed by atoms with E-state index in [4.69, 9.17) is 0 Å². The maximum absolute atomic E-state index is 13.7. The van der Waals surface area contributed by atoms with Crippen LogP contribution in [0.25, 0.3) is 0 Å². The van der Waals surface area contributed by atoms with Crippen LogP contribution >= 0.6 is 0 Å². The second kappa shape index (κ2) is 8.56. The maximum atomic E-state index is 13.7. The van der Waals surface area contributed by atoms with Crippen LogP contribution in [0.2, 0.25) is 0 Å². The minimum absolute atomic E-state index is 0.0104. The number of anilines is 3. The Morgan fingerprint density at radius 1 is 0.893 bits per heavy atom. The number of hydrogen-bond acceptors (Lipinski definition) is 4. The zero-order valence-corrected chi connectivity index (χ0v) is 15.6. The number of para-hydroxylation sites is 2. The molecule has 1 heterocycles. The highest BCUT2D eigenvalue weighted by Gasteiger charge is 2.14. The first-order chi connectivity index (χ1) is 13.5. The van der Waals surface area contributed by atoms with Crippen molar-refractivity contribution in [2.24, 2.45) is 0 Å². The van der Waals surface area contributed by atoms with E-state index in [1.165, 1.54) is 18.5 Å². The summed E-state index contributed by atoms with van der Waals surface area (Å²) in [5, 5.41) is 5.41. The van der Waals surface area contributed by atoms with Crippen molar-refractivity contribution in [3.63, 3.8) is 0 Å². The van der Waals surface area contributed by atoms with Crippen LogP contribution in [0.3, 0.4) is 0 Å². The van der Waals surface area contributed by atoms with Gasteiger partial charge in [-0.15, -0.1) is 0 Å². The summed E-state index contributed by atoms with van der Waals surface area (Å²) in [6.07, 6.45) is 4.20. The molecule has 5 nitrogen and oxygen atoms in total. The van der Waals surface area contributed by atoms with E-state index in [0.29, 0.717) is 0 Å². The third kappa shape index (κ3) is 4.14. The van der Waals surface area contributed by atoms with Crippen molar-refractivity contribution in [2.75, 3.05) is 10.6 Å². The van der Waals surface area contributed by atoms with Crippen molar-refractivity contribution >= 4 is 23.2 Å². The van der Waals surface area contributed by atoms with Crippen molar-refractivity contribution in [1.29, 1.82) is 0 Å². The quantitative estimate of drug-likeness (QED) is 0.638. The second-order valence-electron chi connectivity index (χ2n) is 6.13. The zero-order chi connectivity index (χ0) is 20.1. The Morgan fingerprint density at radius 2 is 1.43 bits per heavy atom. The molecule has 0 fully saturated rings. The summed E-state index contributed by atoms with van der Waals surface area (Å²) in [5.41, 5.74) is 2.79. The predicted molar refractivity (Wildman–Crippen MR) is 105 cm³/mol. The molecule has 3 rings (SSSR count). The average Bonchev–Trinajstić information content (AvgIpc) is 2.71. The van der Waals surface area contributed by atoms with Crippen LogP contribution in [-0.2, 0) is 12.8 Å². The van der Waals surface area contributed by atoms with Gasteiger partial charge in [0.2, 0.25) is 5.95 Å². The van der Waals surface area contributed by atoms with E-state index in [-0.39, 0.29) is 23.1 Å². The highest BCUT2D eigenvalue weighted by molar-refractivity contribution is 6.04. The Morgan fingerprint density at radius 3 is 1.96 bits per heavy atom. The summed E-state index contributed by atoms with van der Waals surface area (Å²) in [4.78, 5) is 20.6. The molecule has 0 saturated heterocycles. The summed E-state index contributed by atoms with van der Waals surface area (Å²) in [5.74, 6) is -1.87. The molecule has 0 atom stereocenters. The Kier molecular flexibility index (Phi) is 5.93. The summed E-state index contributed by atoms with van der Waals surface area (Å²) in [6, 6.07) is 9.44. The smallest absolute Gasteiger partial charge is 0.258 e. The van der Waals surface area contributed by atoms with Gasteiger partial charge in [-0.2, -0.15) is 0 Å². The number of rotatable bonds is 6. The van der Waals surface area contributed by atoms with Crippen LogP contribution < -0.4 is 10.6 Å². The molecule has 144 valence electrons. The maximum Gasteiger partial charge on any atom is 0.258 e. The Balaban J connectivity index is 1.78. The molecule has 1 aromatic heterocycles. The molecule has 0 bridgehead atoms. The third-order valence-corrected chi connectivity index (χ3v) is 4.35. The first-order valence-corrected chi connectivity index (χ1v) is 8.98. The SMILES string of the molecule is CCc1cccc(CC)c1NC(=O)c1cnc(Nc2c(F)cccc2F)nc1. The van der Waals surface area contributed by atoms with Gasteiger partial charge >= 0.3 is 0 Å². The van der Waals surface area contributed by atoms with Gasteiger partial charge in [-0.1, -0.05) is 38.1 Å². The van der Waals surface area contributed by atoms with Gasteiger partial charge in [0.25, 0.3) is 5.91 Å². The number of carbonyl (C=O) groups excluding carboxylic acids is 1. The summed E-state index contributed by atoms with van der Waals surface area (Å²) < 4.78 is 27.4. The molecule has 0 unspecified atom stereocenters. The van der Waals surface area contributed by atoms with Gasteiger partial charge in [0, 0.05) is 18.1 Å². The van der Waals surface area contributed by atoms with Crippen LogP contribution in [0.4, 0.5) is 26.1 Å². The standard InChI is InChI=1S/C21H20F2N4O/c1-3-13-7-5-8-14(4-2)18(13)26-20(28)15-11-24-21(25-12-15)27-19-16(22)9-6-10-17(19)23/h5-12H,3-4H2,1-2H3,(H,26,28)(H,24,25,27). The van der Waals surface area contributed by atoms with Crippen LogP contribution in [0.5, 0.6) is 0 Å². The number of nitrogens with one attached hydrogen (secondary N) is 2. The first-order valence-electron chi connectivity index (χ1n) is 8.98. The van der Waals surface area contributed by atoms with Crippen molar-refractivity contribution in [2.45, 2.75) is 26.7 Å². The molecule has 1 amide bonds. The molecule has 0 aliphatic rings. The highest BCUT2D eigenvalue weighted by Crippen LogP contribution is 2.24. The molecule has 0 spiro atoms. The largest absolute Gasteiger partial charge is 0.321 e. The fourth-order valence-corrected chi connectivity index (χ4v) is 2.83. The first kappa shape index (κ1) is 19.4. The van der Waals surface area contributed by atoms with E-state index in [2.05, 4.69) is 20.6 Å². The van der Waals surface area contributed by atoms with Gasteiger partial charge in [-0.05, 0) is 36.1 Å².